The minimum atomic E-state index is 0.271. The zero-order valence-corrected chi connectivity index (χ0v) is 15.0. The highest BCUT2D eigenvalue weighted by molar-refractivity contribution is 9.10. The van der Waals surface area contributed by atoms with Crippen LogP contribution < -0.4 is 10.1 Å². The molecule has 1 amide bonds. The van der Waals surface area contributed by atoms with E-state index in [0.717, 1.165) is 48.3 Å². The summed E-state index contributed by atoms with van der Waals surface area (Å²) in [6, 6.07) is 6.00. The summed E-state index contributed by atoms with van der Waals surface area (Å²) in [6.07, 6.45) is 3.68. The molecule has 1 saturated heterocycles. The average molecular weight is 369 g/mol. The third-order valence-corrected chi connectivity index (χ3v) is 4.83. The first kappa shape index (κ1) is 17.3. The van der Waals surface area contributed by atoms with Gasteiger partial charge in [-0.3, -0.25) is 4.79 Å². The van der Waals surface area contributed by atoms with Gasteiger partial charge in [0.2, 0.25) is 5.91 Å². The largest absolute Gasteiger partial charge is 0.496 e. The molecule has 1 atom stereocenters. The number of benzene rings is 1. The van der Waals surface area contributed by atoms with Crippen molar-refractivity contribution in [2.45, 2.75) is 25.7 Å². The van der Waals surface area contributed by atoms with E-state index >= 15 is 0 Å². The number of nitrogens with zero attached hydrogens (tertiary/aromatic N) is 1. The van der Waals surface area contributed by atoms with E-state index in [9.17, 15) is 4.79 Å². The fraction of sp³-hybridized carbons (Fsp3) is 0.588. The first-order valence-corrected chi connectivity index (χ1v) is 8.68. The predicted octanol–water partition coefficient (Wildman–Crippen LogP) is 2.85. The maximum absolute atomic E-state index is 12.4. The highest BCUT2D eigenvalue weighted by Crippen LogP contribution is 2.26. The van der Waals surface area contributed by atoms with Crippen LogP contribution in [-0.2, 0) is 11.2 Å². The molecule has 1 fully saturated rings. The quantitative estimate of drug-likeness (QED) is 0.839. The fourth-order valence-electron chi connectivity index (χ4n) is 3.02. The van der Waals surface area contributed by atoms with Crippen LogP contribution in [0.5, 0.6) is 5.75 Å². The van der Waals surface area contributed by atoms with E-state index in [4.69, 9.17) is 4.74 Å². The molecule has 0 radical (unpaired) electrons. The molecule has 2 rings (SSSR count). The Labute approximate surface area is 141 Å². The number of hydrogen-bond donors (Lipinski definition) is 1. The molecule has 4 nitrogen and oxygen atoms in total. The van der Waals surface area contributed by atoms with Crippen LogP contribution in [0.4, 0.5) is 0 Å². The second kappa shape index (κ2) is 8.53. The van der Waals surface area contributed by atoms with E-state index in [-0.39, 0.29) is 5.91 Å². The number of hydrogen-bond acceptors (Lipinski definition) is 3. The van der Waals surface area contributed by atoms with Gasteiger partial charge in [0.25, 0.3) is 0 Å². The lowest BCUT2D eigenvalue weighted by Gasteiger charge is -2.32. The van der Waals surface area contributed by atoms with E-state index in [1.165, 1.54) is 6.42 Å². The molecule has 5 heteroatoms. The van der Waals surface area contributed by atoms with Gasteiger partial charge in [0, 0.05) is 19.5 Å². The van der Waals surface area contributed by atoms with Crippen molar-refractivity contribution in [2.24, 2.45) is 5.92 Å². The Balaban J connectivity index is 1.85. The first-order valence-electron chi connectivity index (χ1n) is 7.88. The van der Waals surface area contributed by atoms with E-state index in [0.29, 0.717) is 12.3 Å². The van der Waals surface area contributed by atoms with Crippen molar-refractivity contribution < 1.29 is 9.53 Å². The SMILES string of the molecule is CNCC1CCCN(C(=O)CCc2ccc(OC)c(Br)c2)C1. The molecular formula is C17H25BrN2O2. The van der Waals surface area contributed by atoms with E-state index in [2.05, 4.69) is 21.2 Å². The summed E-state index contributed by atoms with van der Waals surface area (Å²) in [5.41, 5.74) is 1.16. The lowest BCUT2D eigenvalue weighted by atomic mass is 9.97. The summed E-state index contributed by atoms with van der Waals surface area (Å²) < 4.78 is 6.16. The fourth-order valence-corrected chi connectivity index (χ4v) is 3.61. The van der Waals surface area contributed by atoms with Crippen LogP contribution >= 0.6 is 15.9 Å². The second-order valence-electron chi connectivity index (χ2n) is 5.87. The molecule has 122 valence electrons. The Morgan fingerprint density at radius 3 is 3.00 bits per heavy atom. The third-order valence-electron chi connectivity index (χ3n) is 4.21. The Hall–Kier alpha value is -1.07. The van der Waals surface area contributed by atoms with Gasteiger partial charge in [0.15, 0.2) is 0 Å². The standard InChI is InChI=1S/C17H25BrN2O2/c1-19-11-14-4-3-9-20(12-14)17(21)8-6-13-5-7-16(22-2)15(18)10-13/h5,7,10,14,19H,3-4,6,8-9,11-12H2,1-2H3. The van der Waals surface area contributed by atoms with Crippen LogP contribution in [-0.4, -0.2) is 44.6 Å². The minimum Gasteiger partial charge on any atom is -0.496 e. The Morgan fingerprint density at radius 2 is 2.32 bits per heavy atom. The number of piperidine rings is 1. The number of carbonyl (C=O) groups excluding carboxylic acids is 1. The normalized spacial score (nSPS) is 18.3. The van der Waals surface area contributed by atoms with E-state index in [1.54, 1.807) is 7.11 Å². The van der Waals surface area contributed by atoms with Gasteiger partial charge in [-0.15, -0.1) is 0 Å². The maximum atomic E-state index is 12.4. The summed E-state index contributed by atoms with van der Waals surface area (Å²) in [6.45, 7) is 2.80. The number of ether oxygens (including phenoxy) is 1. The van der Waals surface area contributed by atoms with Crippen molar-refractivity contribution in [3.63, 3.8) is 0 Å². The number of nitrogens with one attached hydrogen (secondary N) is 1. The molecule has 1 N–H and O–H groups in total. The van der Waals surface area contributed by atoms with Crippen LogP contribution in [0.2, 0.25) is 0 Å². The molecule has 0 saturated carbocycles. The number of likely N-dealkylation sites (tertiary alicyclic amines) is 1. The van der Waals surface area contributed by atoms with Crippen molar-refractivity contribution in [3.05, 3.63) is 28.2 Å². The Kier molecular flexibility index (Phi) is 6.70. The van der Waals surface area contributed by atoms with Gasteiger partial charge in [-0.1, -0.05) is 6.07 Å². The third kappa shape index (κ3) is 4.71. The lowest BCUT2D eigenvalue weighted by Crippen LogP contribution is -2.42. The second-order valence-corrected chi connectivity index (χ2v) is 6.73. The molecule has 1 aliphatic rings. The van der Waals surface area contributed by atoms with Crippen molar-refractivity contribution in [2.75, 3.05) is 33.8 Å². The Morgan fingerprint density at radius 1 is 1.50 bits per heavy atom. The highest BCUT2D eigenvalue weighted by atomic mass is 79.9. The summed E-state index contributed by atoms with van der Waals surface area (Å²) in [5.74, 6) is 1.69. The van der Waals surface area contributed by atoms with Gasteiger partial charge < -0.3 is 15.0 Å². The van der Waals surface area contributed by atoms with Crippen LogP contribution in [0.25, 0.3) is 0 Å². The monoisotopic (exact) mass is 368 g/mol. The number of carbonyl (C=O) groups is 1. The molecular weight excluding hydrogens is 344 g/mol. The van der Waals surface area contributed by atoms with Gasteiger partial charge >= 0.3 is 0 Å². The number of methoxy groups -OCH3 is 1. The van der Waals surface area contributed by atoms with Gasteiger partial charge in [-0.25, -0.2) is 0 Å². The molecule has 1 unspecified atom stereocenters. The van der Waals surface area contributed by atoms with Gasteiger partial charge in [-0.2, -0.15) is 0 Å². The minimum absolute atomic E-state index is 0.271. The number of aryl methyl sites for hydroxylation is 1. The van der Waals surface area contributed by atoms with Crippen molar-refractivity contribution in [3.8, 4) is 5.75 Å². The van der Waals surface area contributed by atoms with Crippen molar-refractivity contribution in [1.82, 2.24) is 10.2 Å². The maximum Gasteiger partial charge on any atom is 0.222 e. The topological polar surface area (TPSA) is 41.6 Å². The predicted molar refractivity (Wildman–Crippen MR) is 92.2 cm³/mol. The molecule has 0 aromatic heterocycles. The van der Waals surface area contributed by atoms with E-state index in [1.807, 2.05) is 30.1 Å². The summed E-state index contributed by atoms with van der Waals surface area (Å²) in [7, 11) is 3.63. The summed E-state index contributed by atoms with van der Waals surface area (Å²) in [4.78, 5) is 14.4. The summed E-state index contributed by atoms with van der Waals surface area (Å²) >= 11 is 3.49. The molecule has 0 spiro atoms. The van der Waals surface area contributed by atoms with Gasteiger partial charge in [0.1, 0.15) is 5.75 Å². The average Bonchev–Trinajstić information content (AvgIpc) is 2.53. The molecule has 1 aromatic rings. The smallest absolute Gasteiger partial charge is 0.222 e. The molecule has 22 heavy (non-hydrogen) atoms. The van der Waals surface area contributed by atoms with E-state index < -0.39 is 0 Å². The summed E-state index contributed by atoms with van der Waals surface area (Å²) in [5, 5.41) is 3.22. The first-order chi connectivity index (χ1) is 10.6. The van der Waals surface area contributed by atoms with Crippen LogP contribution in [0.15, 0.2) is 22.7 Å². The number of amides is 1. The molecule has 0 aliphatic carbocycles. The molecule has 1 aromatic carbocycles. The van der Waals surface area contributed by atoms with Gasteiger partial charge in [0.05, 0.1) is 11.6 Å². The highest BCUT2D eigenvalue weighted by Gasteiger charge is 2.22. The van der Waals surface area contributed by atoms with Crippen LogP contribution in [0.3, 0.4) is 0 Å². The Bertz CT molecular complexity index is 505. The lowest BCUT2D eigenvalue weighted by molar-refractivity contribution is -0.132. The van der Waals surface area contributed by atoms with Crippen LogP contribution in [0.1, 0.15) is 24.8 Å². The van der Waals surface area contributed by atoms with Crippen LogP contribution in [0, 0.1) is 5.92 Å². The molecule has 1 aliphatic heterocycles. The van der Waals surface area contributed by atoms with Crippen molar-refractivity contribution in [1.29, 1.82) is 0 Å². The molecule has 0 bridgehead atoms. The van der Waals surface area contributed by atoms with Gasteiger partial charge in [-0.05, 0) is 72.4 Å². The zero-order valence-electron chi connectivity index (χ0n) is 13.4. The zero-order chi connectivity index (χ0) is 15.9. The number of rotatable bonds is 6. The molecule has 1 heterocycles. The van der Waals surface area contributed by atoms with Crippen molar-refractivity contribution >= 4 is 21.8 Å². The number of halogens is 1.